The number of hydrogen-bond acceptors (Lipinski definition) is 4. The van der Waals surface area contributed by atoms with Crippen LogP contribution in [0.1, 0.15) is 12.0 Å². The van der Waals surface area contributed by atoms with E-state index in [1.807, 2.05) is 12.1 Å². The standard InChI is InChI=1S/C16H14ClN3O4/c17-13-4-2-1-3-10(13)8-19-9-11(5-6-15(19)21)18-16(22)12-7-14(12)20(23)24/h1-6,9,12,14H,7-8H2,(H,18,22)/t12-,14-/m0/s1. The van der Waals surface area contributed by atoms with Crippen LogP contribution in [0.3, 0.4) is 0 Å². The first-order valence-electron chi connectivity index (χ1n) is 7.34. The van der Waals surface area contributed by atoms with E-state index < -0.39 is 22.8 Å². The van der Waals surface area contributed by atoms with Gasteiger partial charge in [-0.05, 0) is 17.7 Å². The summed E-state index contributed by atoms with van der Waals surface area (Å²) in [6, 6.07) is 9.18. The van der Waals surface area contributed by atoms with Crippen molar-refractivity contribution < 1.29 is 9.72 Å². The zero-order valence-corrected chi connectivity index (χ0v) is 13.3. The summed E-state index contributed by atoms with van der Waals surface area (Å²) in [5.41, 5.74) is 0.962. The summed E-state index contributed by atoms with van der Waals surface area (Å²) >= 11 is 6.10. The average molecular weight is 348 g/mol. The van der Waals surface area contributed by atoms with Crippen molar-refractivity contribution in [2.75, 3.05) is 5.32 Å². The quantitative estimate of drug-likeness (QED) is 0.662. The number of nitro groups is 1. The van der Waals surface area contributed by atoms with Crippen molar-refractivity contribution in [3.63, 3.8) is 0 Å². The topological polar surface area (TPSA) is 94.2 Å². The Morgan fingerprint density at radius 3 is 2.75 bits per heavy atom. The summed E-state index contributed by atoms with van der Waals surface area (Å²) in [7, 11) is 0. The number of amides is 1. The van der Waals surface area contributed by atoms with Gasteiger partial charge in [0.2, 0.25) is 11.9 Å². The average Bonchev–Trinajstić information content (AvgIpc) is 3.33. The molecule has 3 rings (SSSR count). The fraction of sp³-hybridized carbons (Fsp3) is 0.250. The number of carbonyl (C=O) groups excluding carboxylic acids is 1. The van der Waals surface area contributed by atoms with Gasteiger partial charge in [-0.15, -0.1) is 0 Å². The molecule has 0 spiro atoms. The first-order valence-corrected chi connectivity index (χ1v) is 7.72. The smallest absolute Gasteiger partial charge is 0.250 e. The van der Waals surface area contributed by atoms with E-state index in [-0.39, 0.29) is 18.5 Å². The third kappa shape index (κ3) is 3.46. The number of carbonyl (C=O) groups is 1. The molecule has 1 aromatic carbocycles. The van der Waals surface area contributed by atoms with Crippen LogP contribution in [0, 0.1) is 16.0 Å². The molecule has 8 heteroatoms. The Morgan fingerprint density at radius 1 is 1.33 bits per heavy atom. The summed E-state index contributed by atoms with van der Waals surface area (Å²) in [6.07, 6.45) is 1.76. The molecule has 1 saturated carbocycles. The third-order valence-corrected chi connectivity index (χ3v) is 4.28. The van der Waals surface area contributed by atoms with Gasteiger partial charge in [0.15, 0.2) is 0 Å². The van der Waals surface area contributed by atoms with E-state index in [1.54, 1.807) is 12.1 Å². The highest BCUT2D eigenvalue weighted by molar-refractivity contribution is 6.31. The maximum Gasteiger partial charge on any atom is 0.250 e. The van der Waals surface area contributed by atoms with E-state index in [0.29, 0.717) is 10.7 Å². The maximum atomic E-state index is 12.0. The third-order valence-electron chi connectivity index (χ3n) is 3.91. The molecule has 124 valence electrons. The predicted octanol–water partition coefficient (Wildman–Crippen LogP) is 2.15. The van der Waals surface area contributed by atoms with Crippen LogP contribution in [0.5, 0.6) is 0 Å². The second-order valence-corrected chi connectivity index (χ2v) is 6.07. The van der Waals surface area contributed by atoms with Crippen molar-refractivity contribution in [3.05, 3.63) is 73.6 Å². The fourth-order valence-electron chi connectivity index (χ4n) is 2.47. The highest BCUT2D eigenvalue weighted by Crippen LogP contribution is 2.34. The number of halogens is 1. The number of nitrogens with zero attached hydrogens (tertiary/aromatic N) is 2. The number of aromatic nitrogens is 1. The molecule has 1 heterocycles. The summed E-state index contributed by atoms with van der Waals surface area (Å²) in [5, 5.41) is 13.8. The first kappa shape index (κ1) is 16.2. The minimum atomic E-state index is -0.806. The highest BCUT2D eigenvalue weighted by Gasteiger charge is 2.53. The monoisotopic (exact) mass is 347 g/mol. The van der Waals surface area contributed by atoms with Crippen LogP contribution in [-0.4, -0.2) is 21.4 Å². The molecule has 0 unspecified atom stereocenters. The Kier molecular flexibility index (Phi) is 4.35. The lowest BCUT2D eigenvalue weighted by atomic mass is 10.2. The highest BCUT2D eigenvalue weighted by atomic mass is 35.5. The van der Waals surface area contributed by atoms with Crippen LogP contribution in [0.15, 0.2) is 47.4 Å². The number of benzene rings is 1. The number of pyridine rings is 1. The van der Waals surface area contributed by atoms with Gasteiger partial charge < -0.3 is 9.88 Å². The molecular weight excluding hydrogens is 334 g/mol. The molecule has 7 nitrogen and oxygen atoms in total. The lowest BCUT2D eigenvalue weighted by Gasteiger charge is -2.10. The number of rotatable bonds is 5. The van der Waals surface area contributed by atoms with E-state index in [4.69, 9.17) is 11.6 Å². The molecule has 1 aliphatic rings. The Morgan fingerprint density at radius 2 is 2.08 bits per heavy atom. The molecule has 0 bridgehead atoms. The molecule has 24 heavy (non-hydrogen) atoms. The SMILES string of the molecule is O=C(Nc1ccc(=O)n(Cc2ccccc2Cl)c1)[C@H]1C[C@@H]1[N+](=O)[O-]. The van der Waals surface area contributed by atoms with Crippen molar-refractivity contribution in [1.82, 2.24) is 4.57 Å². The molecule has 2 aromatic rings. The van der Waals surface area contributed by atoms with Crippen molar-refractivity contribution >= 4 is 23.2 Å². The molecule has 2 atom stereocenters. The van der Waals surface area contributed by atoms with Gasteiger partial charge in [0.1, 0.15) is 5.92 Å². The molecule has 1 N–H and O–H groups in total. The van der Waals surface area contributed by atoms with E-state index in [9.17, 15) is 19.7 Å². The lowest BCUT2D eigenvalue weighted by Crippen LogP contribution is -2.23. The van der Waals surface area contributed by atoms with E-state index in [2.05, 4.69) is 5.32 Å². The van der Waals surface area contributed by atoms with Gasteiger partial charge in [-0.1, -0.05) is 29.8 Å². The summed E-state index contributed by atoms with van der Waals surface area (Å²) in [4.78, 5) is 34.1. The maximum absolute atomic E-state index is 12.0. The van der Waals surface area contributed by atoms with Gasteiger partial charge in [0.05, 0.1) is 12.2 Å². The Hall–Kier alpha value is -2.67. The van der Waals surface area contributed by atoms with E-state index in [0.717, 1.165) is 5.56 Å². The van der Waals surface area contributed by atoms with Crippen LogP contribution in [-0.2, 0) is 11.3 Å². The number of anilines is 1. The zero-order chi connectivity index (χ0) is 17.3. The molecule has 1 amide bonds. The number of hydrogen-bond donors (Lipinski definition) is 1. The second-order valence-electron chi connectivity index (χ2n) is 5.66. The molecule has 0 aliphatic heterocycles. The van der Waals surface area contributed by atoms with Crippen molar-refractivity contribution in [1.29, 1.82) is 0 Å². The Bertz CT molecular complexity index is 864. The summed E-state index contributed by atoms with van der Waals surface area (Å²) in [6.45, 7) is 0.267. The van der Waals surface area contributed by atoms with E-state index >= 15 is 0 Å². The Balaban J connectivity index is 1.75. The van der Waals surface area contributed by atoms with Crippen LogP contribution >= 0.6 is 11.6 Å². The normalized spacial score (nSPS) is 18.9. The van der Waals surface area contributed by atoms with Crippen LogP contribution in [0.25, 0.3) is 0 Å². The first-order chi connectivity index (χ1) is 11.5. The molecule has 1 fully saturated rings. The minimum Gasteiger partial charge on any atom is -0.324 e. The van der Waals surface area contributed by atoms with Gasteiger partial charge in [0.25, 0.3) is 5.56 Å². The predicted molar refractivity (Wildman–Crippen MR) is 88.8 cm³/mol. The van der Waals surface area contributed by atoms with Gasteiger partial charge in [0, 0.05) is 28.6 Å². The van der Waals surface area contributed by atoms with Crippen LogP contribution in [0.2, 0.25) is 5.02 Å². The number of nitrogens with one attached hydrogen (secondary N) is 1. The largest absolute Gasteiger partial charge is 0.324 e. The molecule has 0 radical (unpaired) electrons. The van der Waals surface area contributed by atoms with Crippen molar-refractivity contribution in [2.45, 2.75) is 19.0 Å². The summed E-state index contributed by atoms with van der Waals surface area (Å²) in [5.74, 6) is -1.01. The van der Waals surface area contributed by atoms with Crippen LogP contribution in [0.4, 0.5) is 5.69 Å². The Labute approximate surface area is 142 Å². The molecule has 1 aromatic heterocycles. The molecule has 0 saturated heterocycles. The summed E-state index contributed by atoms with van der Waals surface area (Å²) < 4.78 is 1.43. The molecular formula is C16H14ClN3O4. The van der Waals surface area contributed by atoms with Crippen LogP contribution < -0.4 is 10.9 Å². The van der Waals surface area contributed by atoms with E-state index in [1.165, 1.54) is 22.9 Å². The van der Waals surface area contributed by atoms with Crippen molar-refractivity contribution in [3.8, 4) is 0 Å². The van der Waals surface area contributed by atoms with Gasteiger partial charge >= 0.3 is 0 Å². The van der Waals surface area contributed by atoms with Gasteiger partial charge in [-0.3, -0.25) is 19.7 Å². The second kappa shape index (κ2) is 6.45. The molecule has 1 aliphatic carbocycles. The van der Waals surface area contributed by atoms with Crippen molar-refractivity contribution in [2.24, 2.45) is 5.92 Å². The van der Waals surface area contributed by atoms with Gasteiger partial charge in [-0.25, -0.2) is 0 Å². The lowest BCUT2D eigenvalue weighted by molar-refractivity contribution is -0.497. The minimum absolute atomic E-state index is 0.234. The zero-order valence-electron chi connectivity index (χ0n) is 12.5. The van der Waals surface area contributed by atoms with Gasteiger partial charge in [-0.2, -0.15) is 0 Å². The fourth-order valence-corrected chi connectivity index (χ4v) is 2.67.